The number of likely N-dealkylation sites (N-methyl/N-ethyl adjacent to an activating group) is 1. The van der Waals surface area contributed by atoms with E-state index in [2.05, 4.69) is 41.5 Å². The molecule has 1 unspecified atom stereocenters. The summed E-state index contributed by atoms with van der Waals surface area (Å²) in [4.78, 5) is 2.57. The minimum absolute atomic E-state index is 0.565. The minimum Gasteiger partial charge on any atom is -0.311 e. The van der Waals surface area contributed by atoms with Gasteiger partial charge in [-0.1, -0.05) is 37.1 Å². The Morgan fingerprint density at radius 1 is 1.22 bits per heavy atom. The van der Waals surface area contributed by atoms with E-state index in [4.69, 9.17) is 0 Å². The fraction of sp³-hybridized carbons (Fsp3) is 0.625. The molecule has 0 saturated heterocycles. The Balaban J connectivity index is 1.72. The zero-order chi connectivity index (χ0) is 12.4. The molecule has 1 fully saturated rings. The van der Waals surface area contributed by atoms with E-state index in [1.807, 2.05) is 0 Å². The van der Waals surface area contributed by atoms with Gasteiger partial charge in [0.25, 0.3) is 0 Å². The van der Waals surface area contributed by atoms with Crippen molar-refractivity contribution in [2.75, 3.05) is 20.1 Å². The van der Waals surface area contributed by atoms with Gasteiger partial charge < -0.3 is 5.32 Å². The fourth-order valence-corrected chi connectivity index (χ4v) is 3.59. The first-order valence-corrected chi connectivity index (χ1v) is 7.33. The van der Waals surface area contributed by atoms with Crippen LogP contribution >= 0.6 is 0 Å². The van der Waals surface area contributed by atoms with Crippen LogP contribution in [0.1, 0.15) is 42.9 Å². The largest absolute Gasteiger partial charge is 0.311 e. The Hall–Kier alpha value is -0.860. The summed E-state index contributed by atoms with van der Waals surface area (Å²) in [7, 11) is 2.30. The standard InChI is InChI=1S/C16H24N2/c1-18(12-13-6-2-3-7-13)16-11-17-10-14-8-4-5-9-15(14)16/h4-5,8-9,13,16-17H,2-3,6-7,10-12H2,1H3. The van der Waals surface area contributed by atoms with E-state index < -0.39 is 0 Å². The maximum absolute atomic E-state index is 3.56. The summed E-state index contributed by atoms with van der Waals surface area (Å²) in [6.45, 7) is 3.39. The second-order valence-electron chi connectivity index (χ2n) is 5.94. The van der Waals surface area contributed by atoms with Crippen molar-refractivity contribution < 1.29 is 0 Å². The summed E-state index contributed by atoms with van der Waals surface area (Å²) >= 11 is 0. The molecule has 1 aliphatic heterocycles. The molecule has 1 aromatic carbocycles. The number of hydrogen-bond donors (Lipinski definition) is 1. The highest BCUT2D eigenvalue weighted by Crippen LogP contribution is 2.30. The van der Waals surface area contributed by atoms with E-state index in [9.17, 15) is 0 Å². The van der Waals surface area contributed by atoms with E-state index in [1.54, 1.807) is 0 Å². The molecule has 1 saturated carbocycles. The second kappa shape index (κ2) is 5.41. The number of nitrogens with zero attached hydrogens (tertiary/aromatic N) is 1. The third-order valence-electron chi connectivity index (χ3n) is 4.62. The van der Waals surface area contributed by atoms with Crippen molar-refractivity contribution in [3.63, 3.8) is 0 Å². The van der Waals surface area contributed by atoms with Crippen LogP contribution in [0.2, 0.25) is 0 Å². The predicted octanol–water partition coefficient (Wildman–Crippen LogP) is 2.95. The van der Waals surface area contributed by atoms with Crippen LogP contribution in [0.15, 0.2) is 24.3 Å². The maximum atomic E-state index is 3.56. The highest BCUT2D eigenvalue weighted by Gasteiger charge is 2.25. The van der Waals surface area contributed by atoms with Crippen molar-refractivity contribution in [3.05, 3.63) is 35.4 Å². The Bertz CT molecular complexity index is 396. The molecule has 2 aliphatic rings. The SMILES string of the molecule is CN(CC1CCCC1)C1CNCc2ccccc21. The average Bonchev–Trinajstić information content (AvgIpc) is 2.91. The van der Waals surface area contributed by atoms with Crippen LogP contribution in [0.5, 0.6) is 0 Å². The van der Waals surface area contributed by atoms with Crippen molar-refractivity contribution in [2.45, 2.75) is 38.3 Å². The lowest BCUT2D eigenvalue weighted by atomic mass is 9.95. The monoisotopic (exact) mass is 244 g/mol. The molecule has 98 valence electrons. The van der Waals surface area contributed by atoms with Crippen molar-refractivity contribution >= 4 is 0 Å². The molecule has 0 bridgehead atoms. The number of fused-ring (bicyclic) bond motifs is 1. The molecule has 1 aromatic rings. The van der Waals surface area contributed by atoms with Gasteiger partial charge in [-0.15, -0.1) is 0 Å². The van der Waals surface area contributed by atoms with Gasteiger partial charge in [-0.2, -0.15) is 0 Å². The van der Waals surface area contributed by atoms with Gasteiger partial charge in [-0.3, -0.25) is 4.90 Å². The first kappa shape index (κ1) is 12.2. The van der Waals surface area contributed by atoms with E-state index in [0.29, 0.717) is 6.04 Å². The van der Waals surface area contributed by atoms with E-state index in [0.717, 1.165) is 19.0 Å². The molecule has 0 spiro atoms. The van der Waals surface area contributed by atoms with Crippen LogP contribution in [0, 0.1) is 5.92 Å². The Morgan fingerprint density at radius 3 is 2.83 bits per heavy atom. The van der Waals surface area contributed by atoms with Crippen molar-refractivity contribution in [3.8, 4) is 0 Å². The number of benzene rings is 1. The summed E-state index contributed by atoms with van der Waals surface area (Å²) in [6, 6.07) is 9.47. The van der Waals surface area contributed by atoms with Crippen molar-refractivity contribution in [2.24, 2.45) is 5.92 Å². The predicted molar refractivity (Wildman–Crippen MR) is 75.5 cm³/mol. The molecule has 2 heteroatoms. The molecule has 1 atom stereocenters. The lowest BCUT2D eigenvalue weighted by molar-refractivity contribution is 0.196. The molecule has 3 rings (SSSR count). The summed E-state index contributed by atoms with van der Waals surface area (Å²) in [5, 5.41) is 3.56. The molecular formula is C16H24N2. The first-order valence-electron chi connectivity index (χ1n) is 7.33. The van der Waals surface area contributed by atoms with Gasteiger partial charge in [0.15, 0.2) is 0 Å². The number of hydrogen-bond acceptors (Lipinski definition) is 2. The summed E-state index contributed by atoms with van der Waals surface area (Å²) in [5.74, 6) is 0.934. The van der Waals surface area contributed by atoms with Crippen molar-refractivity contribution in [1.29, 1.82) is 0 Å². The highest BCUT2D eigenvalue weighted by molar-refractivity contribution is 5.32. The smallest absolute Gasteiger partial charge is 0.0473 e. The molecule has 0 amide bonds. The average molecular weight is 244 g/mol. The lowest BCUT2D eigenvalue weighted by Crippen LogP contribution is -2.39. The molecule has 18 heavy (non-hydrogen) atoms. The zero-order valence-electron chi connectivity index (χ0n) is 11.4. The summed E-state index contributed by atoms with van der Waals surface area (Å²) in [6.07, 6.45) is 5.76. The molecule has 0 radical (unpaired) electrons. The third kappa shape index (κ3) is 2.45. The Morgan fingerprint density at radius 2 is 2.00 bits per heavy atom. The van der Waals surface area contributed by atoms with Gasteiger partial charge in [0.05, 0.1) is 0 Å². The van der Waals surface area contributed by atoms with Gasteiger partial charge in [0, 0.05) is 25.7 Å². The van der Waals surface area contributed by atoms with E-state index >= 15 is 0 Å². The quantitative estimate of drug-likeness (QED) is 0.879. The molecule has 1 heterocycles. The number of nitrogens with one attached hydrogen (secondary N) is 1. The van der Waals surface area contributed by atoms with Crippen LogP contribution in [0.3, 0.4) is 0 Å². The fourth-order valence-electron chi connectivity index (χ4n) is 3.59. The van der Waals surface area contributed by atoms with E-state index in [1.165, 1.54) is 43.4 Å². The van der Waals surface area contributed by atoms with E-state index in [-0.39, 0.29) is 0 Å². The topological polar surface area (TPSA) is 15.3 Å². The molecule has 1 aliphatic carbocycles. The molecule has 0 aromatic heterocycles. The summed E-state index contributed by atoms with van der Waals surface area (Å²) < 4.78 is 0. The van der Waals surface area contributed by atoms with Crippen LogP contribution in [-0.4, -0.2) is 25.0 Å². The van der Waals surface area contributed by atoms with Gasteiger partial charge in [0.1, 0.15) is 0 Å². The highest BCUT2D eigenvalue weighted by atomic mass is 15.2. The Labute approximate surface area is 110 Å². The van der Waals surface area contributed by atoms with Crippen LogP contribution < -0.4 is 5.32 Å². The first-order chi connectivity index (χ1) is 8.84. The molecule has 2 nitrogen and oxygen atoms in total. The third-order valence-corrected chi connectivity index (χ3v) is 4.62. The lowest BCUT2D eigenvalue weighted by Gasteiger charge is -2.35. The zero-order valence-corrected chi connectivity index (χ0v) is 11.4. The second-order valence-corrected chi connectivity index (χ2v) is 5.94. The van der Waals surface area contributed by atoms with Gasteiger partial charge >= 0.3 is 0 Å². The summed E-state index contributed by atoms with van der Waals surface area (Å²) in [5.41, 5.74) is 3.02. The normalized spacial score (nSPS) is 24.4. The van der Waals surface area contributed by atoms with Gasteiger partial charge in [-0.25, -0.2) is 0 Å². The van der Waals surface area contributed by atoms with Crippen molar-refractivity contribution in [1.82, 2.24) is 10.2 Å². The minimum atomic E-state index is 0.565. The van der Waals surface area contributed by atoms with Gasteiger partial charge in [-0.05, 0) is 36.9 Å². The molecular weight excluding hydrogens is 220 g/mol. The van der Waals surface area contributed by atoms with Gasteiger partial charge in [0.2, 0.25) is 0 Å². The molecule has 1 N–H and O–H groups in total. The maximum Gasteiger partial charge on any atom is 0.0473 e. The Kier molecular flexibility index (Phi) is 3.67. The van der Waals surface area contributed by atoms with Crippen LogP contribution in [-0.2, 0) is 6.54 Å². The van der Waals surface area contributed by atoms with Crippen LogP contribution in [0.4, 0.5) is 0 Å². The number of rotatable bonds is 3. The van der Waals surface area contributed by atoms with Crippen LogP contribution in [0.25, 0.3) is 0 Å².